The van der Waals surface area contributed by atoms with Crippen LogP contribution in [-0.4, -0.2) is 40.0 Å². The van der Waals surface area contributed by atoms with Crippen molar-refractivity contribution in [1.82, 2.24) is 19.8 Å². The average molecular weight is 423 g/mol. The lowest BCUT2D eigenvalue weighted by molar-refractivity contribution is -0.121. The molecule has 0 bridgehead atoms. The fourth-order valence-corrected chi connectivity index (χ4v) is 4.03. The molecule has 0 saturated carbocycles. The van der Waals surface area contributed by atoms with Gasteiger partial charge in [0, 0.05) is 26.1 Å². The third-order valence-corrected chi connectivity index (χ3v) is 5.93. The molecule has 1 saturated heterocycles. The molecule has 1 aromatic heterocycles. The van der Waals surface area contributed by atoms with E-state index in [0.29, 0.717) is 29.9 Å². The highest BCUT2D eigenvalue weighted by molar-refractivity contribution is 5.77. The standard InChI is InChI=1S/C24H27FN4O2/c25-20-7-5-19(6-8-20)16-28-12-9-18(10-13-28)15-26-23(30)11-14-29-17-27-22-4-2-1-3-21(22)24(29)31/h1-8,17-18H,9-16H2,(H,26,30). The van der Waals surface area contributed by atoms with Gasteiger partial charge in [0.2, 0.25) is 5.91 Å². The summed E-state index contributed by atoms with van der Waals surface area (Å²) in [5.41, 5.74) is 1.66. The Hall–Kier alpha value is -3.06. The number of rotatable bonds is 7. The van der Waals surface area contributed by atoms with E-state index in [0.717, 1.165) is 38.0 Å². The summed E-state index contributed by atoms with van der Waals surface area (Å²) >= 11 is 0. The molecule has 3 aromatic rings. The number of fused-ring (bicyclic) bond motifs is 1. The molecule has 162 valence electrons. The summed E-state index contributed by atoms with van der Waals surface area (Å²) in [4.78, 5) is 31.4. The number of piperidine rings is 1. The SMILES string of the molecule is O=C(CCn1cnc2ccccc2c1=O)NCC1CCN(Cc2ccc(F)cc2)CC1. The van der Waals surface area contributed by atoms with Gasteiger partial charge in [0.1, 0.15) is 5.82 Å². The van der Waals surface area contributed by atoms with E-state index in [4.69, 9.17) is 0 Å². The number of amides is 1. The topological polar surface area (TPSA) is 67.2 Å². The lowest BCUT2D eigenvalue weighted by atomic mass is 9.96. The molecule has 0 spiro atoms. The first-order valence-electron chi connectivity index (χ1n) is 10.8. The maximum Gasteiger partial charge on any atom is 0.261 e. The van der Waals surface area contributed by atoms with Gasteiger partial charge in [-0.25, -0.2) is 9.37 Å². The molecule has 1 N–H and O–H groups in total. The second kappa shape index (κ2) is 9.83. The molecule has 1 aliphatic heterocycles. The molecule has 7 heteroatoms. The number of carbonyl (C=O) groups excluding carboxylic acids is 1. The highest BCUT2D eigenvalue weighted by Crippen LogP contribution is 2.18. The number of hydrogen-bond acceptors (Lipinski definition) is 4. The normalized spacial score (nSPS) is 15.3. The van der Waals surface area contributed by atoms with E-state index in [1.54, 1.807) is 12.1 Å². The third kappa shape index (κ3) is 5.55. The van der Waals surface area contributed by atoms with Crippen molar-refractivity contribution in [2.24, 2.45) is 5.92 Å². The molecule has 4 rings (SSSR count). The molecule has 0 atom stereocenters. The quantitative estimate of drug-likeness (QED) is 0.636. The number of halogens is 1. The predicted molar refractivity (Wildman–Crippen MR) is 118 cm³/mol. The van der Waals surface area contributed by atoms with Gasteiger partial charge >= 0.3 is 0 Å². The molecule has 1 fully saturated rings. The van der Waals surface area contributed by atoms with Gasteiger partial charge in [0.25, 0.3) is 5.56 Å². The first-order valence-corrected chi connectivity index (χ1v) is 10.8. The van der Waals surface area contributed by atoms with Gasteiger partial charge < -0.3 is 5.32 Å². The van der Waals surface area contributed by atoms with Crippen LogP contribution in [-0.2, 0) is 17.9 Å². The van der Waals surface area contributed by atoms with Crippen molar-refractivity contribution in [3.63, 3.8) is 0 Å². The second-order valence-electron chi connectivity index (χ2n) is 8.16. The minimum atomic E-state index is -0.208. The molecule has 1 amide bonds. The molecular weight excluding hydrogens is 395 g/mol. The van der Waals surface area contributed by atoms with Gasteiger partial charge in [0.15, 0.2) is 0 Å². The number of hydrogen-bond donors (Lipinski definition) is 1. The zero-order chi connectivity index (χ0) is 21.6. The van der Waals surface area contributed by atoms with E-state index < -0.39 is 0 Å². The highest BCUT2D eigenvalue weighted by atomic mass is 19.1. The minimum Gasteiger partial charge on any atom is -0.356 e. The Morgan fingerprint density at radius 3 is 2.61 bits per heavy atom. The van der Waals surface area contributed by atoms with E-state index in [1.165, 1.54) is 23.0 Å². The molecule has 0 unspecified atom stereocenters. The molecule has 6 nitrogen and oxygen atoms in total. The minimum absolute atomic E-state index is 0.0474. The lowest BCUT2D eigenvalue weighted by Crippen LogP contribution is -2.38. The summed E-state index contributed by atoms with van der Waals surface area (Å²) in [5, 5.41) is 3.58. The third-order valence-electron chi connectivity index (χ3n) is 5.93. The summed E-state index contributed by atoms with van der Waals surface area (Å²) in [6.07, 6.45) is 3.81. The van der Waals surface area contributed by atoms with Crippen LogP contribution < -0.4 is 10.9 Å². The zero-order valence-electron chi connectivity index (χ0n) is 17.5. The Balaban J connectivity index is 1.19. The van der Waals surface area contributed by atoms with Crippen LogP contribution in [0, 0.1) is 11.7 Å². The molecule has 0 aliphatic carbocycles. The van der Waals surface area contributed by atoms with Crippen LogP contribution >= 0.6 is 0 Å². The number of aryl methyl sites for hydroxylation is 1. The molecule has 2 heterocycles. The van der Waals surface area contributed by atoms with Crippen molar-refractivity contribution in [3.05, 3.63) is 76.6 Å². The number of carbonyl (C=O) groups is 1. The first-order chi connectivity index (χ1) is 15.1. The van der Waals surface area contributed by atoms with Crippen molar-refractivity contribution >= 4 is 16.8 Å². The van der Waals surface area contributed by atoms with Crippen molar-refractivity contribution in [1.29, 1.82) is 0 Å². The average Bonchev–Trinajstić information content (AvgIpc) is 2.80. The Morgan fingerprint density at radius 2 is 1.84 bits per heavy atom. The van der Waals surface area contributed by atoms with Crippen LogP contribution in [0.2, 0.25) is 0 Å². The van der Waals surface area contributed by atoms with Gasteiger partial charge in [-0.3, -0.25) is 19.1 Å². The lowest BCUT2D eigenvalue weighted by Gasteiger charge is -2.32. The Bertz CT molecular complexity index is 1090. The summed E-state index contributed by atoms with van der Waals surface area (Å²) in [5.74, 6) is 0.201. The summed E-state index contributed by atoms with van der Waals surface area (Å²) in [7, 11) is 0. The Morgan fingerprint density at radius 1 is 1.10 bits per heavy atom. The molecular formula is C24H27FN4O2. The van der Waals surface area contributed by atoms with Crippen LogP contribution in [0.15, 0.2) is 59.7 Å². The second-order valence-corrected chi connectivity index (χ2v) is 8.16. The number of nitrogens with one attached hydrogen (secondary N) is 1. The van der Waals surface area contributed by atoms with E-state index in [-0.39, 0.29) is 23.7 Å². The van der Waals surface area contributed by atoms with Crippen LogP contribution in [0.3, 0.4) is 0 Å². The van der Waals surface area contributed by atoms with Crippen LogP contribution in [0.4, 0.5) is 4.39 Å². The van der Waals surface area contributed by atoms with Crippen molar-refractivity contribution in [2.75, 3.05) is 19.6 Å². The zero-order valence-corrected chi connectivity index (χ0v) is 17.5. The smallest absolute Gasteiger partial charge is 0.261 e. The fraction of sp³-hybridized carbons (Fsp3) is 0.375. The molecule has 1 aliphatic rings. The van der Waals surface area contributed by atoms with Gasteiger partial charge in [-0.15, -0.1) is 0 Å². The largest absolute Gasteiger partial charge is 0.356 e. The van der Waals surface area contributed by atoms with Gasteiger partial charge in [-0.1, -0.05) is 24.3 Å². The van der Waals surface area contributed by atoms with Crippen molar-refractivity contribution in [3.8, 4) is 0 Å². The van der Waals surface area contributed by atoms with Gasteiger partial charge in [-0.2, -0.15) is 0 Å². The Labute approximate surface area is 180 Å². The Kier molecular flexibility index (Phi) is 6.72. The number of likely N-dealkylation sites (tertiary alicyclic amines) is 1. The highest BCUT2D eigenvalue weighted by Gasteiger charge is 2.20. The van der Waals surface area contributed by atoms with Crippen molar-refractivity contribution < 1.29 is 9.18 Å². The van der Waals surface area contributed by atoms with Gasteiger partial charge in [0.05, 0.1) is 17.2 Å². The van der Waals surface area contributed by atoms with Crippen LogP contribution in [0.5, 0.6) is 0 Å². The maximum absolute atomic E-state index is 13.0. The summed E-state index contributed by atoms with van der Waals surface area (Å²) < 4.78 is 14.5. The van der Waals surface area contributed by atoms with E-state index in [9.17, 15) is 14.0 Å². The summed E-state index contributed by atoms with van der Waals surface area (Å²) in [6, 6.07) is 13.9. The van der Waals surface area contributed by atoms with E-state index in [2.05, 4.69) is 15.2 Å². The van der Waals surface area contributed by atoms with Crippen molar-refractivity contribution in [2.45, 2.75) is 32.4 Å². The molecule has 2 aromatic carbocycles. The van der Waals surface area contributed by atoms with Crippen LogP contribution in [0.25, 0.3) is 10.9 Å². The summed E-state index contributed by atoms with van der Waals surface area (Å²) in [6.45, 7) is 3.74. The van der Waals surface area contributed by atoms with E-state index in [1.807, 2.05) is 24.3 Å². The number of para-hydroxylation sites is 1. The number of nitrogens with zero attached hydrogens (tertiary/aromatic N) is 3. The fourth-order valence-electron chi connectivity index (χ4n) is 4.03. The maximum atomic E-state index is 13.0. The monoisotopic (exact) mass is 422 g/mol. The van der Waals surface area contributed by atoms with E-state index >= 15 is 0 Å². The molecule has 31 heavy (non-hydrogen) atoms. The van der Waals surface area contributed by atoms with Crippen LogP contribution in [0.1, 0.15) is 24.8 Å². The number of aromatic nitrogens is 2. The number of benzene rings is 2. The molecule has 0 radical (unpaired) electrons. The predicted octanol–water partition coefficient (Wildman–Crippen LogP) is 2.95. The van der Waals surface area contributed by atoms with Gasteiger partial charge in [-0.05, 0) is 61.7 Å². The first kappa shape index (κ1) is 21.2.